The summed E-state index contributed by atoms with van der Waals surface area (Å²) in [6, 6.07) is 17.3. The minimum absolute atomic E-state index is 0.266. The van der Waals surface area contributed by atoms with Crippen LogP contribution < -0.4 is 5.56 Å². The van der Waals surface area contributed by atoms with Gasteiger partial charge >= 0.3 is 5.56 Å². The fourth-order valence-corrected chi connectivity index (χ4v) is 3.69. The maximum absolute atomic E-state index is 12.8. The van der Waals surface area contributed by atoms with Gasteiger partial charge in [-0.25, -0.2) is 4.98 Å². The van der Waals surface area contributed by atoms with E-state index < -0.39 is 0 Å². The zero-order valence-corrected chi connectivity index (χ0v) is 16.7. The summed E-state index contributed by atoms with van der Waals surface area (Å²) < 4.78 is 2.22. The zero-order valence-electron chi connectivity index (χ0n) is 14.3. The van der Waals surface area contributed by atoms with E-state index >= 15 is 0 Å². The van der Waals surface area contributed by atoms with E-state index in [1.165, 1.54) is 16.0 Å². The first kappa shape index (κ1) is 17.6. The second-order valence-corrected chi connectivity index (χ2v) is 7.45. The number of aromatic amines is 1. The lowest BCUT2D eigenvalue weighted by Crippen LogP contribution is -2.13. The van der Waals surface area contributed by atoms with Crippen LogP contribution in [-0.2, 0) is 0 Å². The topological polar surface area (TPSA) is 75.4 Å². The van der Waals surface area contributed by atoms with E-state index in [0.29, 0.717) is 16.5 Å². The number of azo groups is 1. The van der Waals surface area contributed by atoms with Gasteiger partial charge in [0.1, 0.15) is 0 Å². The Bertz CT molecular complexity index is 1180. The van der Waals surface area contributed by atoms with Crippen LogP contribution >= 0.6 is 27.3 Å². The van der Waals surface area contributed by atoms with Gasteiger partial charge in [0.25, 0.3) is 0 Å². The van der Waals surface area contributed by atoms with Crippen LogP contribution in [0.4, 0.5) is 11.4 Å². The van der Waals surface area contributed by atoms with Crippen LogP contribution in [0.1, 0.15) is 5.69 Å². The molecular formula is C19H14BrN5OS. The van der Waals surface area contributed by atoms with Crippen molar-refractivity contribution in [3.63, 3.8) is 0 Å². The van der Waals surface area contributed by atoms with E-state index in [9.17, 15) is 4.79 Å². The normalized spacial score (nSPS) is 11.3. The molecule has 0 aliphatic rings. The highest BCUT2D eigenvalue weighted by Gasteiger charge is 2.15. The number of rotatable bonds is 4. The Hall–Kier alpha value is -2.84. The van der Waals surface area contributed by atoms with Gasteiger partial charge in [-0.1, -0.05) is 42.5 Å². The monoisotopic (exact) mass is 439 g/mol. The van der Waals surface area contributed by atoms with E-state index in [0.717, 1.165) is 15.7 Å². The Labute approximate surface area is 167 Å². The summed E-state index contributed by atoms with van der Waals surface area (Å²) in [5.74, 6) is 0. The molecule has 2 heterocycles. The largest absolute Gasteiger partial charge is 0.301 e. The summed E-state index contributed by atoms with van der Waals surface area (Å²) in [6.07, 6.45) is 0. The smallest absolute Gasteiger partial charge is 0.291 e. The third kappa shape index (κ3) is 3.54. The van der Waals surface area contributed by atoms with Crippen molar-refractivity contribution in [2.45, 2.75) is 6.92 Å². The molecule has 0 amide bonds. The molecule has 134 valence electrons. The number of aromatic nitrogens is 3. The predicted molar refractivity (Wildman–Crippen MR) is 111 cm³/mol. The van der Waals surface area contributed by atoms with Crippen LogP contribution in [0.2, 0.25) is 0 Å². The van der Waals surface area contributed by atoms with Gasteiger partial charge in [0.15, 0.2) is 5.69 Å². The summed E-state index contributed by atoms with van der Waals surface area (Å²) in [5, 5.41) is 13.9. The lowest BCUT2D eigenvalue weighted by atomic mass is 10.2. The number of benzene rings is 2. The average molecular weight is 440 g/mol. The van der Waals surface area contributed by atoms with Gasteiger partial charge in [-0.15, -0.1) is 21.6 Å². The quantitative estimate of drug-likeness (QED) is 0.409. The van der Waals surface area contributed by atoms with Gasteiger partial charge in [-0.3, -0.25) is 9.89 Å². The Balaban J connectivity index is 1.69. The van der Waals surface area contributed by atoms with Gasteiger partial charge < -0.3 is 0 Å². The molecule has 8 heteroatoms. The number of thiazole rings is 1. The molecule has 27 heavy (non-hydrogen) atoms. The van der Waals surface area contributed by atoms with Crippen LogP contribution in [0, 0.1) is 6.92 Å². The highest BCUT2D eigenvalue weighted by Crippen LogP contribution is 2.27. The minimum atomic E-state index is -0.280. The number of halogens is 1. The van der Waals surface area contributed by atoms with Gasteiger partial charge in [-0.2, -0.15) is 4.68 Å². The first-order chi connectivity index (χ1) is 13.1. The Morgan fingerprint density at radius 1 is 1.07 bits per heavy atom. The summed E-state index contributed by atoms with van der Waals surface area (Å²) in [6.45, 7) is 1.79. The van der Waals surface area contributed by atoms with Crippen molar-refractivity contribution in [1.82, 2.24) is 14.8 Å². The second kappa shape index (κ2) is 7.42. The van der Waals surface area contributed by atoms with E-state index in [2.05, 4.69) is 36.2 Å². The maximum atomic E-state index is 12.8. The number of hydrogen-bond acceptors (Lipinski definition) is 5. The van der Waals surface area contributed by atoms with E-state index in [-0.39, 0.29) is 11.2 Å². The van der Waals surface area contributed by atoms with Gasteiger partial charge in [0, 0.05) is 15.4 Å². The fraction of sp³-hybridized carbons (Fsp3) is 0.0526. The molecule has 0 bridgehead atoms. The van der Waals surface area contributed by atoms with Crippen LogP contribution in [-0.4, -0.2) is 14.8 Å². The van der Waals surface area contributed by atoms with E-state index in [1.807, 2.05) is 60.0 Å². The number of nitrogens with one attached hydrogen (secondary N) is 1. The van der Waals surface area contributed by atoms with Crippen molar-refractivity contribution in [2.24, 2.45) is 10.2 Å². The van der Waals surface area contributed by atoms with E-state index in [1.54, 1.807) is 6.92 Å². The molecule has 0 aliphatic heterocycles. The van der Waals surface area contributed by atoms with Gasteiger partial charge in [0.05, 0.1) is 17.1 Å². The third-order valence-corrected chi connectivity index (χ3v) is 5.40. The second-order valence-electron chi connectivity index (χ2n) is 5.76. The number of hydrogen-bond donors (Lipinski definition) is 1. The summed E-state index contributed by atoms with van der Waals surface area (Å²) >= 11 is 4.81. The standard InChI is InChI=1S/C19H14BrN5OS/c1-12-17(23-22-15-10-6-5-9-14(15)20)18(26)25(24-12)19-21-16(11-27-19)13-7-3-2-4-8-13/h2-11,24H,1H3. The summed E-state index contributed by atoms with van der Waals surface area (Å²) in [5.41, 5.74) is 3.10. The van der Waals surface area contributed by atoms with Crippen molar-refractivity contribution >= 4 is 38.6 Å². The molecule has 0 radical (unpaired) electrons. The molecule has 6 nitrogen and oxygen atoms in total. The first-order valence-corrected chi connectivity index (χ1v) is 9.80. The SMILES string of the molecule is Cc1[nH]n(-c2nc(-c3ccccc3)cs2)c(=O)c1N=Nc1ccccc1Br. The molecule has 1 N–H and O–H groups in total. The Morgan fingerprint density at radius 2 is 1.81 bits per heavy atom. The van der Waals surface area contributed by atoms with Crippen molar-refractivity contribution in [3.8, 4) is 16.4 Å². The molecule has 2 aromatic heterocycles. The predicted octanol–water partition coefficient (Wildman–Crippen LogP) is 5.78. The number of aryl methyl sites for hydroxylation is 1. The maximum Gasteiger partial charge on any atom is 0.301 e. The molecule has 0 aliphatic carbocycles. The van der Waals surface area contributed by atoms with E-state index in [4.69, 9.17) is 0 Å². The molecule has 4 rings (SSSR count). The lowest BCUT2D eigenvalue weighted by molar-refractivity contribution is 0.827. The summed E-state index contributed by atoms with van der Waals surface area (Å²) in [4.78, 5) is 17.3. The van der Waals surface area contributed by atoms with Gasteiger partial charge in [0.2, 0.25) is 5.13 Å². The molecule has 0 saturated heterocycles. The van der Waals surface area contributed by atoms with Crippen LogP contribution in [0.15, 0.2) is 79.5 Å². The molecule has 0 saturated carbocycles. The average Bonchev–Trinajstić information content (AvgIpc) is 3.27. The third-order valence-electron chi connectivity index (χ3n) is 3.90. The number of H-pyrrole nitrogens is 1. The van der Waals surface area contributed by atoms with Crippen LogP contribution in [0.5, 0.6) is 0 Å². The fourth-order valence-electron chi connectivity index (χ4n) is 2.54. The number of nitrogens with zero attached hydrogens (tertiary/aromatic N) is 4. The minimum Gasteiger partial charge on any atom is -0.291 e. The van der Waals surface area contributed by atoms with Crippen molar-refractivity contribution < 1.29 is 0 Å². The molecule has 2 aromatic carbocycles. The highest BCUT2D eigenvalue weighted by molar-refractivity contribution is 9.10. The first-order valence-electron chi connectivity index (χ1n) is 8.12. The lowest BCUT2D eigenvalue weighted by Gasteiger charge is -1.95. The molecule has 0 spiro atoms. The van der Waals surface area contributed by atoms with Crippen molar-refractivity contribution in [1.29, 1.82) is 0 Å². The highest BCUT2D eigenvalue weighted by atomic mass is 79.9. The van der Waals surface area contributed by atoms with Crippen LogP contribution in [0.25, 0.3) is 16.4 Å². The molecule has 0 atom stereocenters. The summed E-state index contributed by atoms with van der Waals surface area (Å²) in [7, 11) is 0. The van der Waals surface area contributed by atoms with Crippen molar-refractivity contribution in [2.75, 3.05) is 0 Å². The zero-order chi connectivity index (χ0) is 18.8. The Morgan fingerprint density at radius 3 is 2.59 bits per heavy atom. The Kier molecular flexibility index (Phi) is 4.83. The van der Waals surface area contributed by atoms with Crippen molar-refractivity contribution in [3.05, 3.63) is 80.5 Å². The molecular weight excluding hydrogens is 426 g/mol. The molecule has 0 unspecified atom stereocenters. The molecule has 4 aromatic rings. The van der Waals surface area contributed by atoms with Crippen LogP contribution in [0.3, 0.4) is 0 Å². The molecule has 0 fully saturated rings. The van der Waals surface area contributed by atoms with Gasteiger partial charge in [-0.05, 0) is 35.0 Å².